The van der Waals surface area contributed by atoms with Crippen LogP contribution in [0.5, 0.6) is 0 Å². The second-order valence-electron chi connectivity index (χ2n) is 7.38. The molecule has 1 heterocycles. The number of anilines is 1. The highest BCUT2D eigenvalue weighted by Crippen LogP contribution is 2.23. The minimum absolute atomic E-state index is 0.385. The number of hydrogen-bond acceptors (Lipinski definition) is 5. The summed E-state index contributed by atoms with van der Waals surface area (Å²) in [6, 6.07) is 6.01. The molecule has 1 fully saturated rings. The van der Waals surface area contributed by atoms with Crippen LogP contribution in [0.25, 0.3) is 0 Å². The molecule has 0 aromatic heterocycles. The Hall–Kier alpha value is -2.28. The number of nitrogens with one attached hydrogen (secondary N) is 1. The molecule has 8 heteroatoms. The van der Waals surface area contributed by atoms with E-state index in [4.69, 9.17) is 21.1 Å². The van der Waals surface area contributed by atoms with Crippen molar-refractivity contribution >= 4 is 35.3 Å². The molecular formula is C19H25ClN2O5. The average Bonchev–Trinajstić information content (AvgIpc) is 3.05. The van der Waals surface area contributed by atoms with Gasteiger partial charge in [0.2, 0.25) is 0 Å². The first-order chi connectivity index (χ1) is 12.6. The molecule has 2 amide bonds. The molecule has 0 saturated carbocycles. The molecule has 0 radical (unpaired) electrons. The largest absolute Gasteiger partial charge is 0.451 e. The van der Waals surface area contributed by atoms with Gasteiger partial charge in [0.1, 0.15) is 11.6 Å². The number of ether oxygens (including phenoxy) is 2. The van der Waals surface area contributed by atoms with E-state index in [1.54, 1.807) is 45.0 Å². The Morgan fingerprint density at radius 1 is 1.26 bits per heavy atom. The van der Waals surface area contributed by atoms with E-state index in [0.29, 0.717) is 30.1 Å². The number of benzene rings is 1. The predicted octanol–water partition coefficient (Wildman–Crippen LogP) is 3.61. The molecule has 148 valence electrons. The molecule has 2 atom stereocenters. The topological polar surface area (TPSA) is 84.9 Å². The number of amides is 2. The number of para-hydroxylation sites is 1. The van der Waals surface area contributed by atoms with Gasteiger partial charge in [-0.25, -0.2) is 9.59 Å². The van der Waals surface area contributed by atoms with Crippen molar-refractivity contribution < 1.29 is 23.9 Å². The number of halogens is 1. The molecule has 1 N–H and O–H groups in total. The van der Waals surface area contributed by atoms with Gasteiger partial charge in [0.05, 0.1) is 10.7 Å². The van der Waals surface area contributed by atoms with Crippen molar-refractivity contribution in [3.05, 3.63) is 29.3 Å². The first kappa shape index (κ1) is 21.0. The number of rotatable bonds is 4. The summed E-state index contributed by atoms with van der Waals surface area (Å²) in [5.74, 6) is -1.13. The summed E-state index contributed by atoms with van der Waals surface area (Å²) in [6.07, 6.45) is -0.458. The van der Waals surface area contributed by atoms with E-state index in [1.807, 2.05) is 0 Å². The summed E-state index contributed by atoms with van der Waals surface area (Å²) in [7, 11) is 0. The molecule has 27 heavy (non-hydrogen) atoms. The van der Waals surface area contributed by atoms with Crippen LogP contribution in [0.3, 0.4) is 0 Å². The molecule has 7 nitrogen and oxygen atoms in total. The third kappa shape index (κ3) is 5.85. The van der Waals surface area contributed by atoms with Crippen LogP contribution in [0.2, 0.25) is 5.02 Å². The van der Waals surface area contributed by atoms with Crippen molar-refractivity contribution in [3.8, 4) is 0 Å². The second kappa shape index (κ2) is 8.61. The Kier molecular flexibility index (Phi) is 6.70. The molecule has 0 spiro atoms. The van der Waals surface area contributed by atoms with Crippen LogP contribution in [0.4, 0.5) is 10.5 Å². The number of likely N-dealkylation sites (tertiary alicyclic amines) is 1. The van der Waals surface area contributed by atoms with E-state index in [1.165, 1.54) is 11.8 Å². The fourth-order valence-corrected chi connectivity index (χ4v) is 2.84. The summed E-state index contributed by atoms with van der Waals surface area (Å²) in [6.45, 7) is 7.16. The standard InChI is InChI=1S/C19H25ClN2O5/c1-12(16(23)21-14-9-6-5-8-13(14)20)26-17(24)15-10-7-11-22(15)18(25)27-19(2,3)4/h5-6,8-9,12,15H,7,10-11H2,1-4H3,(H,21,23)/t12-,15-/m0/s1. The smallest absolute Gasteiger partial charge is 0.411 e. The zero-order valence-electron chi connectivity index (χ0n) is 16.0. The lowest BCUT2D eigenvalue weighted by molar-refractivity contribution is -0.157. The summed E-state index contributed by atoms with van der Waals surface area (Å²) in [5.41, 5.74) is -0.223. The maximum absolute atomic E-state index is 12.5. The Morgan fingerprint density at radius 3 is 2.56 bits per heavy atom. The lowest BCUT2D eigenvalue weighted by Crippen LogP contribution is -2.45. The maximum atomic E-state index is 12.5. The summed E-state index contributed by atoms with van der Waals surface area (Å²) >= 11 is 6.01. The zero-order chi connectivity index (χ0) is 20.2. The highest BCUT2D eigenvalue weighted by Gasteiger charge is 2.38. The highest BCUT2D eigenvalue weighted by molar-refractivity contribution is 6.33. The zero-order valence-corrected chi connectivity index (χ0v) is 16.7. The fourth-order valence-electron chi connectivity index (χ4n) is 2.65. The van der Waals surface area contributed by atoms with Gasteiger partial charge in [0, 0.05) is 6.54 Å². The summed E-state index contributed by atoms with van der Waals surface area (Å²) in [5, 5.41) is 3.00. The van der Waals surface area contributed by atoms with Crippen LogP contribution in [-0.2, 0) is 19.1 Å². The SMILES string of the molecule is C[C@H](OC(=O)[C@@H]1CCCN1C(=O)OC(C)(C)C)C(=O)Nc1ccccc1Cl. The third-order valence-corrected chi connectivity index (χ3v) is 4.28. The molecule has 1 aromatic carbocycles. The normalized spacial score (nSPS) is 18.0. The summed E-state index contributed by atoms with van der Waals surface area (Å²) < 4.78 is 10.6. The monoisotopic (exact) mass is 396 g/mol. The molecule has 1 aliphatic rings. The minimum atomic E-state index is -1.03. The number of hydrogen-bond donors (Lipinski definition) is 1. The molecule has 1 aromatic rings. The predicted molar refractivity (Wildman–Crippen MR) is 102 cm³/mol. The number of carbonyl (C=O) groups excluding carboxylic acids is 3. The van der Waals surface area contributed by atoms with Crippen molar-refractivity contribution in [3.63, 3.8) is 0 Å². The van der Waals surface area contributed by atoms with E-state index < -0.39 is 35.7 Å². The third-order valence-electron chi connectivity index (χ3n) is 3.95. The number of esters is 1. The Labute approximate surface area is 163 Å². The molecule has 1 saturated heterocycles. The first-order valence-electron chi connectivity index (χ1n) is 8.84. The fraction of sp³-hybridized carbons (Fsp3) is 0.526. The number of carbonyl (C=O) groups is 3. The van der Waals surface area contributed by atoms with Crippen molar-refractivity contribution in [2.24, 2.45) is 0 Å². The van der Waals surface area contributed by atoms with Gasteiger partial charge in [-0.15, -0.1) is 0 Å². The van der Waals surface area contributed by atoms with Crippen molar-refractivity contribution in [2.45, 2.75) is 58.3 Å². The lowest BCUT2D eigenvalue weighted by Gasteiger charge is -2.28. The van der Waals surface area contributed by atoms with E-state index in [-0.39, 0.29) is 0 Å². The van der Waals surface area contributed by atoms with Gasteiger partial charge >= 0.3 is 12.1 Å². The van der Waals surface area contributed by atoms with Crippen LogP contribution >= 0.6 is 11.6 Å². The van der Waals surface area contributed by atoms with E-state index >= 15 is 0 Å². The quantitative estimate of drug-likeness (QED) is 0.786. The molecule has 0 unspecified atom stereocenters. The van der Waals surface area contributed by atoms with E-state index in [2.05, 4.69) is 5.32 Å². The van der Waals surface area contributed by atoms with Gasteiger partial charge in [-0.2, -0.15) is 0 Å². The number of nitrogens with zero attached hydrogens (tertiary/aromatic N) is 1. The Bertz CT molecular complexity index is 716. The average molecular weight is 397 g/mol. The molecule has 0 bridgehead atoms. The van der Waals surface area contributed by atoms with Crippen LogP contribution in [0, 0.1) is 0 Å². The highest BCUT2D eigenvalue weighted by atomic mass is 35.5. The molecule has 1 aliphatic heterocycles. The van der Waals surface area contributed by atoms with Crippen molar-refractivity contribution in [2.75, 3.05) is 11.9 Å². The molecular weight excluding hydrogens is 372 g/mol. The van der Waals surface area contributed by atoms with Crippen LogP contribution in [0.1, 0.15) is 40.5 Å². The van der Waals surface area contributed by atoms with Gasteiger partial charge in [-0.05, 0) is 52.7 Å². The van der Waals surface area contributed by atoms with Crippen LogP contribution in [0.15, 0.2) is 24.3 Å². The Balaban J connectivity index is 1.95. The van der Waals surface area contributed by atoms with Crippen molar-refractivity contribution in [1.29, 1.82) is 0 Å². The molecule has 2 rings (SSSR count). The van der Waals surface area contributed by atoms with E-state index in [9.17, 15) is 14.4 Å². The van der Waals surface area contributed by atoms with Gasteiger partial charge in [0.15, 0.2) is 6.10 Å². The van der Waals surface area contributed by atoms with Crippen molar-refractivity contribution in [1.82, 2.24) is 4.90 Å². The first-order valence-corrected chi connectivity index (χ1v) is 9.22. The lowest BCUT2D eigenvalue weighted by atomic mass is 10.2. The maximum Gasteiger partial charge on any atom is 0.411 e. The van der Waals surface area contributed by atoms with Crippen LogP contribution < -0.4 is 5.32 Å². The van der Waals surface area contributed by atoms with Crippen LogP contribution in [-0.4, -0.2) is 47.2 Å². The van der Waals surface area contributed by atoms with Gasteiger partial charge in [-0.3, -0.25) is 9.69 Å². The minimum Gasteiger partial charge on any atom is -0.451 e. The van der Waals surface area contributed by atoms with Gasteiger partial charge < -0.3 is 14.8 Å². The van der Waals surface area contributed by atoms with Gasteiger partial charge in [-0.1, -0.05) is 23.7 Å². The second-order valence-corrected chi connectivity index (χ2v) is 7.79. The van der Waals surface area contributed by atoms with Gasteiger partial charge in [0.25, 0.3) is 5.91 Å². The Morgan fingerprint density at radius 2 is 1.93 bits per heavy atom. The van der Waals surface area contributed by atoms with E-state index in [0.717, 1.165) is 0 Å². The summed E-state index contributed by atoms with van der Waals surface area (Å²) in [4.78, 5) is 38.4. The molecule has 0 aliphatic carbocycles.